The summed E-state index contributed by atoms with van der Waals surface area (Å²) in [7, 11) is 1.67. The first-order valence-electron chi connectivity index (χ1n) is 9.32. The SMILES string of the molecule is CCC[CH2][Sn]([CH2]CCC)([CH2]CCC)[C](=O)c1ccc(OC)cc1. The molecule has 0 N–H and O–H groups in total. The van der Waals surface area contributed by atoms with E-state index in [0.717, 1.165) is 11.3 Å². The minimum absolute atomic E-state index is 0.553. The first-order chi connectivity index (χ1) is 11.1. The molecule has 1 rings (SSSR count). The standard InChI is InChI=1S/C8H7O2.3C4H9.Sn/c1-10-8-4-2-7(6-9)3-5-8;3*1-3-4-2;/h2-5H,1H3;3*1,3-4H2,2H3;. The monoisotopic (exact) mass is 426 g/mol. The Hall–Kier alpha value is -0.511. The molecule has 0 bridgehead atoms. The van der Waals surface area contributed by atoms with Crippen LogP contribution in [-0.4, -0.2) is 29.3 Å². The summed E-state index contributed by atoms with van der Waals surface area (Å²) < 4.78 is 9.48. The van der Waals surface area contributed by atoms with E-state index in [1.165, 1.54) is 51.8 Å². The second-order valence-corrected chi connectivity index (χ2v) is 19.5. The van der Waals surface area contributed by atoms with E-state index >= 15 is 0 Å². The van der Waals surface area contributed by atoms with Gasteiger partial charge in [-0.05, 0) is 0 Å². The Morgan fingerprint density at radius 3 is 1.65 bits per heavy atom. The van der Waals surface area contributed by atoms with E-state index in [9.17, 15) is 4.79 Å². The molecular formula is C20H34O2Sn. The van der Waals surface area contributed by atoms with E-state index in [1.807, 2.05) is 24.3 Å². The van der Waals surface area contributed by atoms with Gasteiger partial charge in [0.15, 0.2) is 0 Å². The predicted octanol–water partition coefficient (Wildman–Crippen LogP) is 6.27. The zero-order valence-corrected chi connectivity index (χ0v) is 18.3. The Balaban J connectivity index is 3.07. The van der Waals surface area contributed by atoms with E-state index in [0.29, 0.717) is 3.80 Å². The molecule has 0 aliphatic rings. The summed E-state index contributed by atoms with van der Waals surface area (Å²) in [6.45, 7) is 6.73. The number of carbonyl (C=O) groups excluding carboxylic acids is 1. The number of hydrogen-bond donors (Lipinski definition) is 0. The molecule has 0 unspecified atom stereocenters. The molecule has 0 spiro atoms. The van der Waals surface area contributed by atoms with Crippen LogP contribution in [0, 0.1) is 0 Å². The average Bonchev–Trinajstić information content (AvgIpc) is 2.61. The maximum atomic E-state index is 13.4. The van der Waals surface area contributed by atoms with Gasteiger partial charge in [-0.25, -0.2) is 0 Å². The molecule has 0 aliphatic carbocycles. The van der Waals surface area contributed by atoms with Crippen molar-refractivity contribution in [3.05, 3.63) is 29.8 Å². The quantitative estimate of drug-likeness (QED) is 0.369. The number of hydrogen-bond acceptors (Lipinski definition) is 2. The normalized spacial score (nSPS) is 11.5. The van der Waals surface area contributed by atoms with Gasteiger partial charge < -0.3 is 0 Å². The molecule has 0 saturated heterocycles. The fourth-order valence-electron chi connectivity index (χ4n) is 3.31. The van der Waals surface area contributed by atoms with Crippen molar-refractivity contribution in [2.75, 3.05) is 7.11 Å². The summed E-state index contributed by atoms with van der Waals surface area (Å²) in [6, 6.07) is 7.83. The van der Waals surface area contributed by atoms with Gasteiger partial charge in [-0.15, -0.1) is 0 Å². The molecule has 0 atom stereocenters. The number of methoxy groups -OCH3 is 1. The Bertz CT molecular complexity index is 431. The second-order valence-electron chi connectivity index (χ2n) is 6.65. The number of ether oxygens (including phenoxy) is 1. The molecule has 3 heteroatoms. The summed E-state index contributed by atoms with van der Waals surface area (Å²) in [6.07, 6.45) is 7.29. The summed E-state index contributed by atoms with van der Waals surface area (Å²) in [4.78, 5) is 13.4. The fourth-order valence-corrected chi connectivity index (χ4v) is 18.4. The van der Waals surface area contributed by atoms with Crippen LogP contribution >= 0.6 is 0 Å². The molecule has 0 fully saturated rings. The molecule has 0 radical (unpaired) electrons. The van der Waals surface area contributed by atoms with Gasteiger partial charge in [0.2, 0.25) is 0 Å². The number of rotatable bonds is 12. The second kappa shape index (κ2) is 11.1. The summed E-state index contributed by atoms with van der Waals surface area (Å²) in [5.74, 6) is 0.832. The summed E-state index contributed by atoms with van der Waals surface area (Å²) in [5, 5.41) is 0. The van der Waals surface area contributed by atoms with E-state index < -0.39 is 18.4 Å². The van der Waals surface area contributed by atoms with Crippen molar-refractivity contribution >= 4 is 22.2 Å². The summed E-state index contributed by atoms with van der Waals surface area (Å²) in [5.41, 5.74) is 0.935. The van der Waals surface area contributed by atoms with Crippen molar-refractivity contribution in [1.29, 1.82) is 0 Å². The van der Waals surface area contributed by atoms with Crippen LogP contribution in [0.1, 0.15) is 69.7 Å². The van der Waals surface area contributed by atoms with E-state index in [1.54, 1.807) is 7.11 Å². The molecule has 2 nitrogen and oxygen atoms in total. The van der Waals surface area contributed by atoms with Gasteiger partial charge in [-0.3, -0.25) is 0 Å². The van der Waals surface area contributed by atoms with Crippen LogP contribution in [0.3, 0.4) is 0 Å². The van der Waals surface area contributed by atoms with Crippen molar-refractivity contribution < 1.29 is 9.53 Å². The summed E-state index contributed by atoms with van der Waals surface area (Å²) >= 11 is -2.80. The van der Waals surface area contributed by atoms with E-state index in [4.69, 9.17) is 4.74 Å². The van der Waals surface area contributed by atoms with Crippen molar-refractivity contribution in [1.82, 2.24) is 0 Å². The number of benzene rings is 1. The Morgan fingerprint density at radius 1 is 0.870 bits per heavy atom. The third kappa shape index (κ3) is 6.13. The van der Waals surface area contributed by atoms with E-state index in [-0.39, 0.29) is 0 Å². The third-order valence-corrected chi connectivity index (χ3v) is 19.7. The molecule has 0 amide bonds. The van der Waals surface area contributed by atoms with Gasteiger partial charge in [-0.1, -0.05) is 0 Å². The first-order valence-corrected chi connectivity index (χ1v) is 16.8. The molecule has 1 aromatic rings. The Morgan fingerprint density at radius 2 is 1.30 bits per heavy atom. The average molecular weight is 425 g/mol. The molecule has 0 heterocycles. The zero-order chi connectivity index (χ0) is 17.1. The minimum atomic E-state index is -2.80. The van der Waals surface area contributed by atoms with E-state index in [2.05, 4.69) is 20.8 Å². The number of unbranched alkanes of at least 4 members (excludes halogenated alkanes) is 3. The molecule has 1 aromatic carbocycles. The van der Waals surface area contributed by atoms with Crippen LogP contribution in [0.4, 0.5) is 0 Å². The van der Waals surface area contributed by atoms with Gasteiger partial charge in [-0.2, -0.15) is 0 Å². The maximum absolute atomic E-state index is 13.4. The van der Waals surface area contributed by atoms with Crippen molar-refractivity contribution in [2.24, 2.45) is 0 Å². The third-order valence-electron chi connectivity index (χ3n) is 4.86. The van der Waals surface area contributed by atoms with Crippen LogP contribution in [0.25, 0.3) is 0 Å². The van der Waals surface area contributed by atoms with Crippen LogP contribution in [0.5, 0.6) is 5.75 Å². The van der Waals surface area contributed by atoms with Crippen LogP contribution in [0.2, 0.25) is 13.3 Å². The molecular weight excluding hydrogens is 391 g/mol. The van der Waals surface area contributed by atoms with Gasteiger partial charge in [0.1, 0.15) is 0 Å². The van der Waals surface area contributed by atoms with Crippen molar-refractivity contribution in [2.45, 2.75) is 72.6 Å². The Labute approximate surface area is 146 Å². The zero-order valence-electron chi connectivity index (χ0n) is 15.5. The molecule has 0 aliphatic heterocycles. The van der Waals surface area contributed by atoms with Crippen LogP contribution in [-0.2, 0) is 0 Å². The molecule has 23 heavy (non-hydrogen) atoms. The molecule has 0 aromatic heterocycles. The molecule has 130 valence electrons. The molecule has 0 saturated carbocycles. The van der Waals surface area contributed by atoms with Gasteiger partial charge in [0, 0.05) is 0 Å². The van der Waals surface area contributed by atoms with Gasteiger partial charge >= 0.3 is 147 Å². The Kier molecular flexibility index (Phi) is 9.92. The fraction of sp³-hybridized carbons (Fsp3) is 0.650. The first kappa shape index (κ1) is 20.5. The number of carbonyl (C=O) groups is 1. The van der Waals surface area contributed by atoms with Gasteiger partial charge in [0.05, 0.1) is 0 Å². The van der Waals surface area contributed by atoms with Gasteiger partial charge in [0.25, 0.3) is 0 Å². The van der Waals surface area contributed by atoms with Crippen LogP contribution in [0.15, 0.2) is 24.3 Å². The topological polar surface area (TPSA) is 26.3 Å². The van der Waals surface area contributed by atoms with Crippen molar-refractivity contribution in [3.8, 4) is 5.75 Å². The van der Waals surface area contributed by atoms with Crippen LogP contribution < -0.4 is 4.74 Å². The predicted molar refractivity (Wildman–Crippen MR) is 102 cm³/mol. The van der Waals surface area contributed by atoms with Crippen molar-refractivity contribution in [3.63, 3.8) is 0 Å².